The van der Waals surface area contributed by atoms with Gasteiger partial charge in [0.25, 0.3) is 0 Å². The van der Waals surface area contributed by atoms with Crippen molar-refractivity contribution in [2.45, 2.75) is 44.7 Å². The Labute approximate surface area is 164 Å². The summed E-state index contributed by atoms with van der Waals surface area (Å²) in [4.78, 5) is 42.1. The average molecular weight is 396 g/mol. The van der Waals surface area contributed by atoms with Crippen LogP contribution in [0.25, 0.3) is 0 Å². The lowest BCUT2D eigenvalue weighted by atomic mass is 9.91. The summed E-state index contributed by atoms with van der Waals surface area (Å²) in [6.45, 7) is 6.21. The number of pyridine rings is 1. The van der Waals surface area contributed by atoms with Crippen molar-refractivity contribution < 1.29 is 14.4 Å². The Morgan fingerprint density at radius 2 is 2.00 bits per heavy atom. The highest BCUT2D eigenvalue weighted by atomic mass is 35.5. The molecular formula is C18H26ClN5O3. The normalized spacial score (nSPS) is 26.1. The molecule has 2 aliphatic heterocycles. The minimum atomic E-state index is -0.389. The summed E-state index contributed by atoms with van der Waals surface area (Å²) < 4.78 is 0. The van der Waals surface area contributed by atoms with Gasteiger partial charge in [-0.05, 0) is 38.0 Å². The van der Waals surface area contributed by atoms with Crippen molar-refractivity contribution in [2.75, 3.05) is 25.0 Å². The number of aromatic nitrogens is 1. The number of piperazine rings is 1. The summed E-state index contributed by atoms with van der Waals surface area (Å²) in [5.41, 5.74) is 0.754. The average Bonchev–Trinajstić information content (AvgIpc) is 2.58. The Morgan fingerprint density at radius 1 is 1.30 bits per heavy atom. The second-order valence-corrected chi connectivity index (χ2v) is 7.05. The van der Waals surface area contributed by atoms with Gasteiger partial charge in [0.2, 0.25) is 17.7 Å². The molecule has 0 saturated carbocycles. The zero-order valence-electron chi connectivity index (χ0n) is 15.5. The number of halogens is 1. The van der Waals surface area contributed by atoms with Crippen LogP contribution in [-0.2, 0) is 14.4 Å². The van der Waals surface area contributed by atoms with Crippen molar-refractivity contribution in [1.82, 2.24) is 20.5 Å². The minimum Gasteiger partial charge on any atom is -0.314 e. The molecule has 2 aliphatic rings. The molecule has 27 heavy (non-hydrogen) atoms. The quantitative estimate of drug-likeness (QED) is 0.646. The van der Waals surface area contributed by atoms with Crippen molar-refractivity contribution in [3.63, 3.8) is 0 Å². The number of hydrogen-bond acceptors (Lipinski definition) is 6. The van der Waals surface area contributed by atoms with Crippen LogP contribution < -0.4 is 16.0 Å². The van der Waals surface area contributed by atoms with Crippen LogP contribution in [0, 0.1) is 0 Å². The van der Waals surface area contributed by atoms with Crippen LogP contribution in [0.15, 0.2) is 18.3 Å². The molecule has 3 atom stereocenters. The van der Waals surface area contributed by atoms with Crippen LogP contribution in [0.1, 0.15) is 38.2 Å². The van der Waals surface area contributed by atoms with E-state index in [1.807, 2.05) is 0 Å². The second kappa shape index (κ2) is 9.25. The van der Waals surface area contributed by atoms with E-state index in [9.17, 15) is 14.4 Å². The highest BCUT2D eigenvalue weighted by Crippen LogP contribution is 2.25. The molecule has 3 heterocycles. The fourth-order valence-electron chi connectivity index (χ4n) is 3.57. The van der Waals surface area contributed by atoms with Crippen molar-refractivity contribution in [2.24, 2.45) is 0 Å². The van der Waals surface area contributed by atoms with Crippen LogP contribution in [0.5, 0.6) is 0 Å². The molecule has 1 aromatic heterocycles. The first-order valence-corrected chi connectivity index (χ1v) is 9.00. The van der Waals surface area contributed by atoms with Crippen molar-refractivity contribution in [1.29, 1.82) is 0 Å². The lowest BCUT2D eigenvalue weighted by Gasteiger charge is -2.38. The van der Waals surface area contributed by atoms with Gasteiger partial charge in [-0.3, -0.25) is 24.6 Å². The van der Waals surface area contributed by atoms with E-state index in [0.29, 0.717) is 25.2 Å². The van der Waals surface area contributed by atoms with Gasteiger partial charge < -0.3 is 10.6 Å². The van der Waals surface area contributed by atoms with E-state index >= 15 is 0 Å². The highest BCUT2D eigenvalue weighted by molar-refractivity contribution is 6.01. The molecule has 1 unspecified atom stereocenters. The van der Waals surface area contributed by atoms with Gasteiger partial charge in [-0.2, -0.15) is 0 Å². The van der Waals surface area contributed by atoms with Gasteiger partial charge >= 0.3 is 0 Å². The fraction of sp³-hybridized carbons (Fsp3) is 0.556. The van der Waals surface area contributed by atoms with Gasteiger partial charge in [-0.1, -0.05) is 0 Å². The molecule has 3 N–H and O–H groups in total. The van der Waals surface area contributed by atoms with Crippen LogP contribution in [0.3, 0.4) is 0 Å². The monoisotopic (exact) mass is 395 g/mol. The van der Waals surface area contributed by atoms with Crippen LogP contribution >= 0.6 is 12.4 Å². The standard InChI is InChI=1S/C18H25N5O3.ClH/c1-11-8-19-9-12(2)23(11)10-17(25)21-15-7-13(5-6-20-15)14-3-4-16(24)22-18(14)26;/h5-7,11-12,14,19H,3-4,8-10H2,1-2H3,(H,20,21,25)(H,22,24,26);1H/t11-,12+,14?;. The van der Waals surface area contributed by atoms with Crippen LogP contribution in [-0.4, -0.2) is 59.3 Å². The molecule has 0 bridgehead atoms. The Balaban J connectivity index is 0.00000261. The van der Waals surface area contributed by atoms with Crippen LogP contribution in [0.2, 0.25) is 0 Å². The van der Waals surface area contributed by atoms with E-state index in [1.165, 1.54) is 0 Å². The number of nitrogens with one attached hydrogen (secondary N) is 3. The Kier molecular flexibility index (Phi) is 7.29. The van der Waals surface area contributed by atoms with E-state index in [4.69, 9.17) is 0 Å². The van der Waals surface area contributed by atoms with E-state index in [0.717, 1.165) is 18.7 Å². The topological polar surface area (TPSA) is 103 Å². The first kappa shape index (κ1) is 21.3. The number of nitrogens with zero attached hydrogens (tertiary/aromatic N) is 2. The van der Waals surface area contributed by atoms with Gasteiger partial charge in [-0.25, -0.2) is 4.98 Å². The number of imide groups is 1. The van der Waals surface area contributed by atoms with Gasteiger partial charge in [0.15, 0.2) is 0 Å². The number of hydrogen-bond donors (Lipinski definition) is 3. The molecule has 9 heteroatoms. The summed E-state index contributed by atoms with van der Waals surface area (Å²) in [6, 6.07) is 4.03. The smallest absolute Gasteiger partial charge is 0.239 e. The first-order valence-electron chi connectivity index (χ1n) is 9.00. The highest BCUT2D eigenvalue weighted by Gasteiger charge is 2.29. The second-order valence-electron chi connectivity index (χ2n) is 7.05. The van der Waals surface area contributed by atoms with Gasteiger partial charge in [-0.15, -0.1) is 12.4 Å². The molecule has 8 nitrogen and oxygen atoms in total. The van der Waals surface area contributed by atoms with E-state index in [-0.39, 0.29) is 48.1 Å². The molecule has 148 valence electrons. The van der Waals surface area contributed by atoms with Crippen LogP contribution in [0.4, 0.5) is 5.82 Å². The van der Waals surface area contributed by atoms with E-state index in [1.54, 1.807) is 18.3 Å². The largest absolute Gasteiger partial charge is 0.314 e. The fourth-order valence-corrected chi connectivity index (χ4v) is 3.57. The molecular weight excluding hydrogens is 370 g/mol. The lowest BCUT2D eigenvalue weighted by Crippen LogP contribution is -2.56. The molecule has 2 saturated heterocycles. The third-order valence-electron chi connectivity index (χ3n) is 5.03. The molecule has 3 amide bonds. The van der Waals surface area contributed by atoms with Gasteiger partial charge in [0.05, 0.1) is 12.5 Å². The van der Waals surface area contributed by atoms with E-state index < -0.39 is 0 Å². The van der Waals surface area contributed by atoms with Gasteiger partial charge in [0, 0.05) is 37.8 Å². The number of piperidine rings is 1. The maximum absolute atomic E-state index is 12.4. The molecule has 0 aromatic carbocycles. The summed E-state index contributed by atoms with van der Waals surface area (Å²) >= 11 is 0. The minimum absolute atomic E-state index is 0. The van der Waals surface area contributed by atoms with Crippen molar-refractivity contribution in [3.8, 4) is 0 Å². The zero-order chi connectivity index (χ0) is 18.7. The SMILES string of the molecule is C[C@@H]1CNC[C@H](C)N1CC(=O)Nc1cc(C2CCC(=O)NC2=O)ccn1.Cl. The van der Waals surface area contributed by atoms with E-state index in [2.05, 4.69) is 39.7 Å². The summed E-state index contributed by atoms with van der Waals surface area (Å²) in [5.74, 6) is -0.632. The molecule has 1 aromatic rings. The number of carbonyl (C=O) groups is 3. The molecule has 0 spiro atoms. The number of rotatable bonds is 4. The lowest BCUT2D eigenvalue weighted by molar-refractivity contribution is -0.134. The molecule has 0 radical (unpaired) electrons. The predicted molar refractivity (Wildman–Crippen MR) is 104 cm³/mol. The molecule has 2 fully saturated rings. The van der Waals surface area contributed by atoms with Crippen molar-refractivity contribution >= 4 is 35.9 Å². The van der Waals surface area contributed by atoms with Gasteiger partial charge in [0.1, 0.15) is 5.82 Å². The number of amides is 3. The number of anilines is 1. The molecule has 0 aliphatic carbocycles. The number of carbonyl (C=O) groups excluding carboxylic acids is 3. The first-order chi connectivity index (χ1) is 12.4. The zero-order valence-corrected chi connectivity index (χ0v) is 16.3. The Hall–Kier alpha value is -2.03. The summed E-state index contributed by atoms with van der Waals surface area (Å²) in [5, 5.41) is 8.52. The third-order valence-corrected chi connectivity index (χ3v) is 5.03. The maximum atomic E-state index is 12.4. The summed E-state index contributed by atoms with van der Waals surface area (Å²) in [6.07, 6.45) is 2.36. The predicted octanol–water partition coefficient (Wildman–Crippen LogP) is 0.644. The third kappa shape index (κ3) is 5.24. The summed E-state index contributed by atoms with van der Waals surface area (Å²) in [7, 11) is 0. The van der Waals surface area contributed by atoms with Crippen molar-refractivity contribution in [3.05, 3.63) is 23.9 Å². The maximum Gasteiger partial charge on any atom is 0.239 e. The Bertz CT molecular complexity index is 704. The molecule has 3 rings (SSSR count). The Morgan fingerprint density at radius 3 is 2.67 bits per heavy atom.